The number of aliphatic hydroxyl groups is 1. The highest BCUT2D eigenvalue weighted by molar-refractivity contribution is 6.07. The molecule has 1 heterocycles. The van der Waals surface area contributed by atoms with Crippen LogP contribution in [0.4, 0.5) is 0 Å². The summed E-state index contributed by atoms with van der Waals surface area (Å²) in [5, 5.41) is 21.2. The number of ketones is 1. The van der Waals surface area contributed by atoms with Crippen molar-refractivity contribution in [2.75, 3.05) is 7.11 Å². The van der Waals surface area contributed by atoms with Crippen LogP contribution in [0.3, 0.4) is 0 Å². The third kappa shape index (κ3) is 1.76. The summed E-state index contributed by atoms with van der Waals surface area (Å²) in [7, 11) is 1.39. The largest absolute Gasteiger partial charge is 0.478 e. The summed E-state index contributed by atoms with van der Waals surface area (Å²) in [5.74, 6) is -2.20. The molecule has 6 heteroatoms. The summed E-state index contributed by atoms with van der Waals surface area (Å²) in [5.41, 5.74) is -4.98. The second kappa shape index (κ2) is 4.77. The molecule has 0 spiro atoms. The SMILES string of the molecule is CO[C@@]12C=C(C(=O)O)[C@@]3(O)[C@H](C1)C(C)(C)O[C@@]3(CC=C(C)C)C2=O. The maximum absolute atomic E-state index is 13.3. The molecule has 0 aromatic rings. The molecule has 0 amide bonds. The normalized spacial score (nSPS) is 42.0. The Morgan fingerprint density at radius 2 is 2.08 bits per heavy atom. The Balaban J connectivity index is 2.32. The number of hydrogen-bond acceptors (Lipinski definition) is 5. The monoisotopic (exact) mass is 336 g/mol. The first kappa shape index (κ1) is 17.3. The van der Waals surface area contributed by atoms with Gasteiger partial charge in [-0.3, -0.25) is 4.79 Å². The van der Waals surface area contributed by atoms with Crippen molar-refractivity contribution in [3.05, 3.63) is 23.3 Å². The summed E-state index contributed by atoms with van der Waals surface area (Å²) in [4.78, 5) is 25.2. The van der Waals surface area contributed by atoms with Crippen LogP contribution in [-0.2, 0) is 19.1 Å². The van der Waals surface area contributed by atoms with Gasteiger partial charge in [0.1, 0.15) is 11.2 Å². The fourth-order valence-electron chi connectivity index (χ4n) is 4.70. The summed E-state index contributed by atoms with van der Waals surface area (Å²) in [6.07, 6.45) is 3.40. The Bertz CT molecular complexity index is 686. The number of carboxylic acid groups (broad SMARTS) is 1. The van der Waals surface area contributed by atoms with E-state index >= 15 is 0 Å². The third-order valence-electron chi connectivity index (χ3n) is 5.84. The molecule has 4 aliphatic rings. The van der Waals surface area contributed by atoms with E-state index in [2.05, 4.69) is 0 Å². The second-order valence-corrected chi connectivity index (χ2v) is 7.83. The zero-order valence-electron chi connectivity index (χ0n) is 14.7. The summed E-state index contributed by atoms with van der Waals surface area (Å²) in [6, 6.07) is 0. The Labute approximate surface area is 141 Å². The highest BCUT2D eigenvalue weighted by Gasteiger charge is 2.81. The molecule has 6 nitrogen and oxygen atoms in total. The number of Topliss-reactive ketones (excluding diaryl/α,β-unsaturated/α-hetero) is 1. The molecule has 3 aliphatic carbocycles. The number of rotatable bonds is 4. The topological polar surface area (TPSA) is 93.1 Å². The minimum atomic E-state index is -1.87. The molecule has 0 aromatic carbocycles. The number of ether oxygens (including phenoxy) is 2. The molecule has 1 aliphatic heterocycles. The first-order valence-corrected chi connectivity index (χ1v) is 8.09. The van der Waals surface area contributed by atoms with Crippen molar-refractivity contribution in [1.82, 2.24) is 0 Å². The highest BCUT2D eigenvalue weighted by atomic mass is 16.6. The quantitative estimate of drug-likeness (QED) is 0.758. The van der Waals surface area contributed by atoms with Crippen molar-refractivity contribution in [2.45, 2.75) is 62.9 Å². The molecule has 132 valence electrons. The van der Waals surface area contributed by atoms with E-state index in [-0.39, 0.29) is 18.4 Å². The van der Waals surface area contributed by atoms with Crippen LogP contribution in [0.5, 0.6) is 0 Å². The lowest BCUT2D eigenvalue weighted by atomic mass is 9.51. The van der Waals surface area contributed by atoms with Crippen LogP contribution in [0.15, 0.2) is 23.3 Å². The van der Waals surface area contributed by atoms with Gasteiger partial charge in [0.25, 0.3) is 0 Å². The number of carboxylic acids is 1. The second-order valence-electron chi connectivity index (χ2n) is 7.83. The van der Waals surface area contributed by atoms with Crippen LogP contribution in [0.2, 0.25) is 0 Å². The Kier molecular flexibility index (Phi) is 3.45. The average molecular weight is 336 g/mol. The number of carbonyl (C=O) groups is 2. The Hall–Kier alpha value is -1.50. The van der Waals surface area contributed by atoms with E-state index in [0.29, 0.717) is 0 Å². The molecule has 4 atom stereocenters. The first-order valence-electron chi connectivity index (χ1n) is 8.09. The predicted molar refractivity (Wildman–Crippen MR) is 85.5 cm³/mol. The Morgan fingerprint density at radius 3 is 2.58 bits per heavy atom. The van der Waals surface area contributed by atoms with Gasteiger partial charge < -0.3 is 19.7 Å². The lowest BCUT2D eigenvalue weighted by Gasteiger charge is -2.55. The summed E-state index contributed by atoms with van der Waals surface area (Å²) >= 11 is 0. The van der Waals surface area contributed by atoms with Crippen LogP contribution >= 0.6 is 0 Å². The van der Waals surface area contributed by atoms with Crippen molar-refractivity contribution < 1.29 is 29.3 Å². The van der Waals surface area contributed by atoms with Crippen LogP contribution in [0.25, 0.3) is 0 Å². The number of methoxy groups -OCH3 is 1. The molecule has 2 fully saturated rings. The van der Waals surface area contributed by atoms with E-state index in [9.17, 15) is 19.8 Å². The van der Waals surface area contributed by atoms with E-state index in [1.54, 1.807) is 19.9 Å². The van der Waals surface area contributed by atoms with E-state index in [1.165, 1.54) is 13.2 Å². The molecule has 24 heavy (non-hydrogen) atoms. The zero-order chi connectivity index (χ0) is 18.1. The Morgan fingerprint density at radius 1 is 1.46 bits per heavy atom. The molecule has 0 unspecified atom stereocenters. The van der Waals surface area contributed by atoms with E-state index in [4.69, 9.17) is 9.47 Å². The van der Waals surface area contributed by atoms with Crippen LogP contribution < -0.4 is 0 Å². The van der Waals surface area contributed by atoms with Gasteiger partial charge in [-0.25, -0.2) is 4.79 Å². The van der Waals surface area contributed by atoms with Gasteiger partial charge in [-0.2, -0.15) is 0 Å². The van der Waals surface area contributed by atoms with E-state index in [0.717, 1.165) is 5.57 Å². The fraction of sp³-hybridized carbons (Fsp3) is 0.667. The lowest BCUT2D eigenvalue weighted by molar-refractivity contribution is -0.196. The van der Waals surface area contributed by atoms with E-state index < -0.39 is 40.1 Å². The molecule has 1 saturated carbocycles. The van der Waals surface area contributed by atoms with Gasteiger partial charge in [0.15, 0.2) is 5.60 Å². The van der Waals surface area contributed by atoms with E-state index in [1.807, 2.05) is 13.8 Å². The van der Waals surface area contributed by atoms with Gasteiger partial charge in [0, 0.05) is 19.4 Å². The van der Waals surface area contributed by atoms with Crippen LogP contribution in [0, 0.1) is 5.92 Å². The molecule has 1 saturated heterocycles. The van der Waals surface area contributed by atoms with Crippen LogP contribution in [0.1, 0.15) is 40.5 Å². The number of allylic oxidation sites excluding steroid dienone is 1. The highest BCUT2D eigenvalue weighted by Crippen LogP contribution is 2.65. The summed E-state index contributed by atoms with van der Waals surface area (Å²) in [6.45, 7) is 7.33. The molecule has 4 bridgehead atoms. The smallest absolute Gasteiger partial charge is 0.334 e. The van der Waals surface area contributed by atoms with Crippen molar-refractivity contribution in [1.29, 1.82) is 0 Å². The maximum Gasteiger partial charge on any atom is 0.334 e. The fourth-order valence-corrected chi connectivity index (χ4v) is 4.70. The molecule has 0 radical (unpaired) electrons. The predicted octanol–water partition coefficient (Wildman–Crippen LogP) is 1.62. The number of carbonyl (C=O) groups excluding carboxylic acids is 1. The van der Waals surface area contributed by atoms with Crippen molar-refractivity contribution in [3.8, 4) is 0 Å². The number of hydrogen-bond donors (Lipinski definition) is 2. The number of aliphatic carboxylic acids is 1. The zero-order valence-corrected chi connectivity index (χ0v) is 14.7. The van der Waals surface area contributed by atoms with Crippen molar-refractivity contribution in [3.63, 3.8) is 0 Å². The van der Waals surface area contributed by atoms with Crippen LogP contribution in [-0.4, -0.2) is 51.5 Å². The van der Waals surface area contributed by atoms with Gasteiger partial charge in [-0.05, 0) is 40.2 Å². The van der Waals surface area contributed by atoms with Crippen molar-refractivity contribution >= 4 is 11.8 Å². The average Bonchev–Trinajstić information content (AvgIpc) is 2.63. The standard InChI is InChI=1S/C18H24O6/c1-10(2)6-7-17-14(21)16(23-5)8-11(13(19)20)18(17,22)12(9-16)15(3,4)24-17/h6,8,12,22H,7,9H2,1-5H3,(H,19,20)/t12-,16+,17+,18-/m1/s1. The van der Waals surface area contributed by atoms with Gasteiger partial charge in [-0.15, -0.1) is 0 Å². The molecule has 4 rings (SSSR count). The molecule has 2 N–H and O–H groups in total. The molecular weight excluding hydrogens is 312 g/mol. The lowest BCUT2D eigenvalue weighted by Crippen LogP contribution is -2.74. The van der Waals surface area contributed by atoms with Gasteiger partial charge in [0.2, 0.25) is 5.78 Å². The molecular formula is C18H24O6. The third-order valence-corrected chi connectivity index (χ3v) is 5.84. The minimum absolute atomic E-state index is 0.111. The molecule has 0 aromatic heterocycles. The maximum atomic E-state index is 13.3. The summed E-state index contributed by atoms with van der Waals surface area (Å²) < 4.78 is 11.6. The van der Waals surface area contributed by atoms with Gasteiger partial charge in [0.05, 0.1) is 11.2 Å². The van der Waals surface area contributed by atoms with Gasteiger partial charge >= 0.3 is 5.97 Å². The van der Waals surface area contributed by atoms with Crippen molar-refractivity contribution in [2.24, 2.45) is 5.92 Å². The minimum Gasteiger partial charge on any atom is -0.478 e. The first-order chi connectivity index (χ1) is 11.0. The van der Waals surface area contributed by atoms with Gasteiger partial charge in [-0.1, -0.05) is 11.6 Å².